The second-order valence-electron chi connectivity index (χ2n) is 7.53. The predicted molar refractivity (Wildman–Crippen MR) is 93.6 cm³/mol. The number of carbonyl (C=O) groups excluding carboxylic acids is 1. The number of amides is 1. The summed E-state index contributed by atoms with van der Waals surface area (Å²) in [5, 5.41) is 0. The van der Waals surface area contributed by atoms with Gasteiger partial charge >= 0.3 is 6.18 Å². The number of hydrogen-bond donors (Lipinski definition) is 0. The zero-order chi connectivity index (χ0) is 19.9. The number of halogens is 3. The van der Waals surface area contributed by atoms with Crippen LogP contribution in [-0.2, 0) is 10.9 Å². The Hall–Kier alpha value is -2.35. The van der Waals surface area contributed by atoms with Crippen molar-refractivity contribution in [2.24, 2.45) is 0 Å². The smallest absolute Gasteiger partial charge is 0.416 e. The quantitative estimate of drug-likeness (QED) is 0.751. The normalized spacial score (nSPS) is 22.0. The van der Waals surface area contributed by atoms with Crippen molar-refractivity contribution in [3.63, 3.8) is 0 Å². The largest absolute Gasteiger partial charge is 0.448 e. The summed E-state index contributed by atoms with van der Waals surface area (Å²) < 4.78 is 50.4. The minimum Gasteiger partial charge on any atom is -0.448 e. The molecule has 1 saturated carbocycles. The van der Waals surface area contributed by atoms with Crippen LogP contribution in [0.1, 0.15) is 59.2 Å². The lowest BCUT2D eigenvalue weighted by Gasteiger charge is -2.47. The minimum absolute atomic E-state index is 0.187. The van der Waals surface area contributed by atoms with Gasteiger partial charge in [-0.2, -0.15) is 13.2 Å². The fraction of sp³-hybridized carbons (Fsp3) is 0.500. The predicted octanol–water partition coefficient (Wildman–Crippen LogP) is 4.53. The zero-order valence-corrected chi connectivity index (χ0v) is 15.5. The third-order valence-electron chi connectivity index (χ3n) is 5.79. The Bertz CT molecular complexity index is 872. The van der Waals surface area contributed by atoms with Crippen molar-refractivity contribution in [2.75, 3.05) is 13.2 Å². The highest BCUT2D eigenvalue weighted by molar-refractivity contribution is 5.93. The molecule has 0 radical (unpaired) electrons. The van der Waals surface area contributed by atoms with Crippen LogP contribution in [0.15, 0.2) is 35.1 Å². The number of alkyl halides is 3. The van der Waals surface area contributed by atoms with Gasteiger partial charge in [0.2, 0.25) is 0 Å². The van der Waals surface area contributed by atoms with E-state index in [9.17, 15) is 18.0 Å². The lowest BCUT2D eigenvalue weighted by atomic mass is 9.91. The minimum atomic E-state index is -4.43. The summed E-state index contributed by atoms with van der Waals surface area (Å²) in [6, 6.07) is 5.11. The Balaban J connectivity index is 1.65. The molecule has 1 spiro atoms. The molecular formula is C20H21F3N2O3. The van der Waals surface area contributed by atoms with E-state index in [1.54, 1.807) is 17.9 Å². The molecule has 1 saturated heterocycles. The third kappa shape index (κ3) is 3.30. The Morgan fingerprint density at radius 3 is 2.68 bits per heavy atom. The van der Waals surface area contributed by atoms with Crippen molar-refractivity contribution in [1.82, 2.24) is 9.88 Å². The number of aromatic nitrogens is 1. The summed E-state index contributed by atoms with van der Waals surface area (Å²) in [5.74, 6) is 0.175. The van der Waals surface area contributed by atoms with Crippen molar-refractivity contribution in [3.8, 4) is 0 Å². The molecule has 4 rings (SSSR count). The van der Waals surface area contributed by atoms with Crippen molar-refractivity contribution in [2.45, 2.75) is 50.4 Å². The van der Waals surface area contributed by atoms with Gasteiger partial charge in [-0.05, 0) is 37.5 Å². The van der Waals surface area contributed by atoms with Crippen molar-refractivity contribution in [1.29, 1.82) is 0 Å². The molecule has 1 aromatic carbocycles. The van der Waals surface area contributed by atoms with E-state index >= 15 is 0 Å². The molecule has 2 fully saturated rings. The first-order valence-electron chi connectivity index (χ1n) is 9.31. The molecule has 1 aromatic heterocycles. The van der Waals surface area contributed by atoms with E-state index in [1.165, 1.54) is 12.5 Å². The van der Waals surface area contributed by atoms with E-state index in [0.29, 0.717) is 17.9 Å². The summed E-state index contributed by atoms with van der Waals surface area (Å²) in [6.07, 6.45) is -0.224. The van der Waals surface area contributed by atoms with Crippen LogP contribution in [0, 0.1) is 6.92 Å². The second kappa shape index (κ2) is 6.92. The average molecular weight is 394 g/mol. The van der Waals surface area contributed by atoms with Gasteiger partial charge in [0.05, 0.1) is 24.3 Å². The molecule has 2 heterocycles. The maximum absolute atomic E-state index is 13.2. The Morgan fingerprint density at radius 2 is 2.04 bits per heavy atom. The van der Waals surface area contributed by atoms with Gasteiger partial charge in [-0.15, -0.1) is 0 Å². The van der Waals surface area contributed by atoms with Gasteiger partial charge in [-0.1, -0.05) is 25.0 Å². The lowest BCUT2D eigenvalue weighted by molar-refractivity contribution is -0.138. The van der Waals surface area contributed by atoms with Gasteiger partial charge in [0, 0.05) is 0 Å². The van der Waals surface area contributed by atoms with Crippen molar-refractivity contribution in [3.05, 3.63) is 53.2 Å². The number of nitrogens with zero attached hydrogens (tertiary/aromatic N) is 2. The van der Waals surface area contributed by atoms with Crippen LogP contribution in [-0.4, -0.2) is 34.5 Å². The monoisotopic (exact) mass is 394 g/mol. The number of benzene rings is 1. The molecule has 1 amide bonds. The van der Waals surface area contributed by atoms with Crippen LogP contribution >= 0.6 is 0 Å². The molecule has 1 aliphatic carbocycles. The average Bonchev–Trinajstić information content (AvgIpc) is 3.31. The molecule has 28 heavy (non-hydrogen) atoms. The van der Waals surface area contributed by atoms with Crippen molar-refractivity contribution >= 4 is 5.91 Å². The summed E-state index contributed by atoms with van der Waals surface area (Å²) in [7, 11) is 0. The first-order valence-corrected chi connectivity index (χ1v) is 9.31. The van der Waals surface area contributed by atoms with E-state index in [-0.39, 0.29) is 18.1 Å². The van der Waals surface area contributed by atoms with Gasteiger partial charge < -0.3 is 14.1 Å². The summed E-state index contributed by atoms with van der Waals surface area (Å²) in [4.78, 5) is 19.0. The first-order chi connectivity index (χ1) is 13.3. The van der Waals surface area contributed by atoms with Crippen LogP contribution < -0.4 is 0 Å². The van der Waals surface area contributed by atoms with E-state index in [0.717, 1.165) is 37.8 Å². The molecule has 150 valence electrons. The molecular weight excluding hydrogens is 373 g/mol. The van der Waals surface area contributed by atoms with Gasteiger partial charge in [-0.3, -0.25) is 4.79 Å². The van der Waals surface area contributed by atoms with E-state index in [4.69, 9.17) is 9.15 Å². The SMILES string of the molecule is Cc1ocnc1C(=O)N1CC(c2cccc(C(F)(F)F)c2)OCC12CCCC2. The Kier molecular flexibility index (Phi) is 4.69. The highest BCUT2D eigenvalue weighted by Crippen LogP contribution is 2.42. The number of carbonyl (C=O) groups is 1. The summed E-state index contributed by atoms with van der Waals surface area (Å²) in [6.45, 7) is 2.16. The summed E-state index contributed by atoms with van der Waals surface area (Å²) in [5.41, 5.74) is -0.492. The maximum atomic E-state index is 13.2. The highest BCUT2D eigenvalue weighted by atomic mass is 19.4. The number of morpholine rings is 1. The van der Waals surface area contributed by atoms with Crippen LogP contribution in [0.25, 0.3) is 0 Å². The molecule has 0 bridgehead atoms. The second-order valence-corrected chi connectivity index (χ2v) is 7.53. The van der Waals surface area contributed by atoms with Crippen LogP contribution in [0.3, 0.4) is 0 Å². The number of aryl methyl sites for hydroxylation is 1. The standard InChI is InChI=1S/C20H21F3N2O3/c1-13-17(24-12-28-13)18(26)25-10-16(27-11-19(25)7-2-3-8-19)14-5-4-6-15(9-14)20(21,22)23/h4-6,9,12,16H,2-3,7-8,10-11H2,1H3. The van der Waals surface area contributed by atoms with Gasteiger partial charge in [0.25, 0.3) is 5.91 Å². The van der Waals surface area contributed by atoms with Gasteiger partial charge in [-0.25, -0.2) is 4.98 Å². The fourth-order valence-corrected chi connectivity index (χ4v) is 4.25. The third-order valence-corrected chi connectivity index (χ3v) is 5.79. The molecule has 1 aliphatic heterocycles. The molecule has 8 heteroatoms. The highest BCUT2D eigenvalue weighted by Gasteiger charge is 2.48. The lowest BCUT2D eigenvalue weighted by Crippen LogP contribution is -2.58. The number of rotatable bonds is 2. The molecule has 2 aliphatic rings. The Labute approximate surface area is 160 Å². The van der Waals surface area contributed by atoms with Crippen LogP contribution in [0.2, 0.25) is 0 Å². The zero-order valence-electron chi connectivity index (χ0n) is 15.5. The van der Waals surface area contributed by atoms with E-state index in [1.807, 2.05) is 0 Å². The van der Waals surface area contributed by atoms with Crippen LogP contribution in [0.5, 0.6) is 0 Å². The fourth-order valence-electron chi connectivity index (χ4n) is 4.25. The first kappa shape index (κ1) is 19.0. The summed E-state index contributed by atoms with van der Waals surface area (Å²) >= 11 is 0. The number of hydrogen-bond acceptors (Lipinski definition) is 4. The number of ether oxygens (including phenoxy) is 1. The molecule has 1 unspecified atom stereocenters. The number of oxazole rings is 1. The van der Waals surface area contributed by atoms with Gasteiger partial charge in [0.1, 0.15) is 11.9 Å². The van der Waals surface area contributed by atoms with Crippen molar-refractivity contribution < 1.29 is 27.1 Å². The molecule has 1 atom stereocenters. The van der Waals surface area contributed by atoms with E-state index < -0.39 is 23.4 Å². The Morgan fingerprint density at radius 1 is 1.29 bits per heavy atom. The maximum Gasteiger partial charge on any atom is 0.416 e. The molecule has 2 aromatic rings. The van der Waals surface area contributed by atoms with Gasteiger partial charge in [0.15, 0.2) is 12.1 Å². The molecule has 0 N–H and O–H groups in total. The van der Waals surface area contributed by atoms with Crippen LogP contribution in [0.4, 0.5) is 13.2 Å². The topological polar surface area (TPSA) is 55.6 Å². The molecule has 5 nitrogen and oxygen atoms in total. The van der Waals surface area contributed by atoms with E-state index in [2.05, 4.69) is 4.98 Å².